The molecule has 1 aromatic carbocycles. The number of carbonyl (C=O) groups excluding carboxylic acids is 1. The number of hydrogen-bond acceptors (Lipinski definition) is 5. The van der Waals surface area contributed by atoms with Crippen LogP contribution in [0.3, 0.4) is 0 Å². The second-order valence-corrected chi connectivity index (χ2v) is 6.09. The van der Waals surface area contributed by atoms with Gasteiger partial charge in [-0.15, -0.1) is 0 Å². The Hall–Kier alpha value is -3.06. The zero-order chi connectivity index (χ0) is 17.9. The zero-order valence-electron chi connectivity index (χ0n) is 13.7. The largest absolute Gasteiger partial charge is 0.486 e. The molecule has 26 heavy (non-hydrogen) atoms. The van der Waals surface area contributed by atoms with Crippen molar-refractivity contribution >= 4 is 23.2 Å². The smallest absolute Gasteiger partial charge is 0.228 e. The molecule has 0 spiro atoms. The van der Waals surface area contributed by atoms with Crippen molar-refractivity contribution in [2.45, 2.75) is 6.42 Å². The van der Waals surface area contributed by atoms with Crippen molar-refractivity contribution in [1.82, 2.24) is 14.8 Å². The summed E-state index contributed by atoms with van der Waals surface area (Å²) < 4.78 is 12.7. The van der Waals surface area contributed by atoms with Crippen LogP contribution in [0.4, 0.5) is 5.69 Å². The lowest BCUT2D eigenvalue weighted by atomic mass is 10.1. The van der Waals surface area contributed by atoms with Gasteiger partial charge in [0.15, 0.2) is 17.3 Å². The van der Waals surface area contributed by atoms with E-state index in [9.17, 15) is 4.79 Å². The van der Waals surface area contributed by atoms with Gasteiger partial charge in [0.25, 0.3) is 0 Å². The molecule has 1 aliphatic rings. The van der Waals surface area contributed by atoms with Crippen LogP contribution in [0.25, 0.3) is 5.82 Å². The number of pyridine rings is 1. The van der Waals surface area contributed by atoms with Crippen molar-refractivity contribution in [3.8, 4) is 17.3 Å². The minimum Gasteiger partial charge on any atom is -0.486 e. The monoisotopic (exact) mass is 370 g/mol. The molecule has 1 aliphatic heterocycles. The number of fused-ring (bicyclic) bond motifs is 1. The minimum absolute atomic E-state index is 0.164. The van der Waals surface area contributed by atoms with E-state index in [4.69, 9.17) is 21.1 Å². The molecule has 2 aromatic heterocycles. The average molecular weight is 371 g/mol. The van der Waals surface area contributed by atoms with E-state index in [0.717, 1.165) is 5.56 Å². The summed E-state index contributed by atoms with van der Waals surface area (Å²) in [5.74, 6) is 1.59. The molecule has 8 heteroatoms. The molecule has 7 nitrogen and oxygen atoms in total. The minimum atomic E-state index is -0.175. The Morgan fingerprint density at radius 3 is 2.92 bits per heavy atom. The summed E-state index contributed by atoms with van der Waals surface area (Å²) in [6, 6.07) is 8.87. The number of ether oxygens (including phenoxy) is 2. The highest BCUT2D eigenvalue weighted by atomic mass is 35.5. The van der Waals surface area contributed by atoms with Crippen molar-refractivity contribution in [2.24, 2.45) is 0 Å². The molecule has 4 rings (SSSR count). The summed E-state index contributed by atoms with van der Waals surface area (Å²) in [4.78, 5) is 16.6. The van der Waals surface area contributed by atoms with Crippen molar-refractivity contribution in [1.29, 1.82) is 0 Å². The van der Waals surface area contributed by atoms with Gasteiger partial charge in [0.1, 0.15) is 13.2 Å². The Bertz CT molecular complexity index is 926. The van der Waals surface area contributed by atoms with Gasteiger partial charge in [-0.05, 0) is 35.9 Å². The second-order valence-electron chi connectivity index (χ2n) is 5.68. The first-order valence-electron chi connectivity index (χ1n) is 8.03. The Morgan fingerprint density at radius 1 is 1.27 bits per heavy atom. The van der Waals surface area contributed by atoms with E-state index in [1.807, 2.05) is 6.07 Å². The first-order valence-corrected chi connectivity index (χ1v) is 8.41. The molecule has 132 valence electrons. The normalized spacial score (nSPS) is 12.7. The summed E-state index contributed by atoms with van der Waals surface area (Å²) in [7, 11) is 0. The molecule has 0 saturated carbocycles. The van der Waals surface area contributed by atoms with Crippen molar-refractivity contribution < 1.29 is 14.3 Å². The summed E-state index contributed by atoms with van der Waals surface area (Å²) in [5.41, 5.74) is 1.35. The van der Waals surface area contributed by atoms with Gasteiger partial charge >= 0.3 is 0 Å². The third-order valence-electron chi connectivity index (χ3n) is 3.79. The van der Waals surface area contributed by atoms with Gasteiger partial charge in [-0.2, -0.15) is 5.10 Å². The van der Waals surface area contributed by atoms with Crippen LogP contribution in [0, 0.1) is 0 Å². The number of benzene rings is 1. The lowest BCUT2D eigenvalue weighted by Gasteiger charge is -2.20. The molecular weight excluding hydrogens is 356 g/mol. The lowest BCUT2D eigenvalue weighted by Crippen LogP contribution is -2.17. The van der Waals surface area contributed by atoms with Crippen LogP contribution in [0.1, 0.15) is 5.56 Å². The molecule has 0 unspecified atom stereocenters. The summed E-state index contributed by atoms with van der Waals surface area (Å²) in [6.45, 7) is 0.932. The van der Waals surface area contributed by atoms with E-state index in [0.29, 0.717) is 41.2 Å². The van der Waals surface area contributed by atoms with Gasteiger partial charge in [-0.3, -0.25) is 4.79 Å². The Morgan fingerprint density at radius 2 is 2.15 bits per heavy atom. The summed E-state index contributed by atoms with van der Waals surface area (Å²) in [6.07, 6.45) is 5.23. The SMILES string of the molecule is O=C(Cc1cc(Cl)c2c(c1)OCCO2)Nc1ccc(-n2cccn2)nc1. The first-order chi connectivity index (χ1) is 12.7. The molecule has 0 bridgehead atoms. The third-order valence-corrected chi connectivity index (χ3v) is 4.07. The molecule has 1 N–H and O–H groups in total. The Balaban J connectivity index is 1.43. The average Bonchev–Trinajstić information content (AvgIpc) is 3.17. The lowest BCUT2D eigenvalue weighted by molar-refractivity contribution is -0.115. The number of amides is 1. The van der Waals surface area contributed by atoms with Crippen LogP contribution in [-0.2, 0) is 11.2 Å². The highest BCUT2D eigenvalue weighted by Gasteiger charge is 2.17. The molecule has 0 radical (unpaired) electrons. The fraction of sp³-hybridized carbons (Fsp3) is 0.167. The maximum atomic E-state index is 12.3. The van der Waals surface area contributed by atoms with Gasteiger partial charge in [0.2, 0.25) is 5.91 Å². The van der Waals surface area contributed by atoms with Crippen LogP contribution in [0.5, 0.6) is 11.5 Å². The fourth-order valence-corrected chi connectivity index (χ4v) is 2.94. The molecule has 1 amide bonds. The number of anilines is 1. The van der Waals surface area contributed by atoms with Gasteiger partial charge < -0.3 is 14.8 Å². The number of nitrogens with zero attached hydrogens (tertiary/aromatic N) is 3. The van der Waals surface area contributed by atoms with Gasteiger partial charge in [-0.1, -0.05) is 11.6 Å². The number of halogens is 1. The standard InChI is InChI=1S/C18H15ClN4O3/c19-14-8-12(9-15-18(14)26-7-6-25-15)10-17(24)22-13-2-3-16(20-11-13)23-5-1-4-21-23/h1-5,8-9,11H,6-7,10H2,(H,22,24). The van der Waals surface area contributed by atoms with Crippen LogP contribution < -0.4 is 14.8 Å². The molecule has 0 fully saturated rings. The van der Waals surface area contributed by atoms with Gasteiger partial charge in [-0.25, -0.2) is 9.67 Å². The number of aromatic nitrogens is 3. The summed E-state index contributed by atoms with van der Waals surface area (Å²) in [5, 5.41) is 7.36. The number of rotatable bonds is 4. The van der Waals surface area contributed by atoms with Crippen molar-refractivity contribution in [3.05, 3.63) is 59.5 Å². The van der Waals surface area contributed by atoms with E-state index >= 15 is 0 Å². The topological polar surface area (TPSA) is 78.3 Å². The van der Waals surface area contributed by atoms with E-state index in [2.05, 4.69) is 15.4 Å². The van der Waals surface area contributed by atoms with E-state index in [1.54, 1.807) is 47.5 Å². The molecular formula is C18H15ClN4O3. The third kappa shape index (κ3) is 3.48. The first kappa shape index (κ1) is 16.4. The Labute approximate surface area is 154 Å². The van der Waals surface area contributed by atoms with Gasteiger partial charge in [0.05, 0.1) is 23.3 Å². The molecule has 0 aliphatic carbocycles. The zero-order valence-corrected chi connectivity index (χ0v) is 14.4. The highest BCUT2D eigenvalue weighted by Crippen LogP contribution is 2.38. The second kappa shape index (κ2) is 7.05. The summed E-state index contributed by atoms with van der Waals surface area (Å²) >= 11 is 6.20. The quantitative estimate of drug-likeness (QED) is 0.764. The van der Waals surface area contributed by atoms with Gasteiger partial charge in [0, 0.05) is 12.4 Å². The van der Waals surface area contributed by atoms with Crippen molar-refractivity contribution in [2.75, 3.05) is 18.5 Å². The van der Waals surface area contributed by atoms with E-state index in [1.165, 1.54) is 0 Å². The molecule has 3 heterocycles. The van der Waals surface area contributed by atoms with E-state index < -0.39 is 0 Å². The van der Waals surface area contributed by atoms with Crippen LogP contribution in [0.15, 0.2) is 48.9 Å². The van der Waals surface area contributed by atoms with Crippen LogP contribution in [0.2, 0.25) is 5.02 Å². The molecule has 3 aromatic rings. The molecule has 0 saturated heterocycles. The Kier molecular flexibility index (Phi) is 4.45. The van der Waals surface area contributed by atoms with E-state index in [-0.39, 0.29) is 12.3 Å². The maximum absolute atomic E-state index is 12.3. The predicted octanol–water partition coefficient (Wildman–Crippen LogP) is 2.87. The number of carbonyl (C=O) groups is 1. The fourth-order valence-electron chi connectivity index (χ4n) is 2.66. The highest BCUT2D eigenvalue weighted by molar-refractivity contribution is 6.32. The molecule has 0 atom stereocenters. The van der Waals surface area contributed by atoms with Crippen LogP contribution in [-0.4, -0.2) is 33.9 Å². The maximum Gasteiger partial charge on any atom is 0.228 e. The number of nitrogens with one attached hydrogen (secondary N) is 1. The predicted molar refractivity (Wildman–Crippen MR) is 96.1 cm³/mol. The van der Waals surface area contributed by atoms with Crippen molar-refractivity contribution in [3.63, 3.8) is 0 Å². The van der Waals surface area contributed by atoms with Crippen LogP contribution >= 0.6 is 11.6 Å². The number of hydrogen-bond donors (Lipinski definition) is 1.